The number of rotatable bonds is 6. The first kappa shape index (κ1) is 25.4. The lowest BCUT2D eigenvalue weighted by Crippen LogP contribution is -2.29. The standard InChI is InChI=1S/C27H19ClN4O5S2/c28-18-6-3-15(4-7-18)14-38-27-31-30-26(39-27)32-22(17-2-1-9-29-13-17)21(24(34)25(32)35)23(33)16-5-8-19-20(12-16)37-11-10-36-19/h1-9,12-13,22,33H,10-11,14H2/b23-21+. The first-order chi connectivity index (χ1) is 19.0. The number of hydrogen-bond acceptors (Lipinski definition) is 10. The predicted molar refractivity (Wildman–Crippen MR) is 147 cm³/mol. The molecule has 0 aliphatic carbocycles. The number of anilines is 1. The average Bonchev–Trinajstić information content (AvgIpc) is 3.54. The van der Waals surface area contributed by atoms with Crippen LogP contribution in [-0.4, -0.2) is 45.2 Å². The summed E-state index contributed by atoms with van der Waals surface area (Å²) in [6, 6.07) is 14.9. The molecular formula is C27H19ClN4O5S2. The van der Waals surface area contributed by atoms with Crippen LogP contribution in [0.3, 0.4) is 0 Å². The van der Waals surface area contributed by atoms with Crippen LogP contribution in [-0.2, 0) is 15.3 Å². The molecule has 1 unspecified atom stereocenters. The van der Waals surface area contributed by atoms with Crippen LogP contribution in [0.25, 0.3) is 5.76 Å². The lowest BCUT2D eigenvalue weighted by molar-refractivity contribution is -0.132. The van der Waals surface area contributed by atoms with Gasteiger partial charge in [0.2, 0.25) is 5.13 Å². The van der Waals surface area contributed by atoms with E-state index in [1.165, 1.54) is 28.0 Å². The monoisotopic (exact) mass is 578 g/mol. The predicted octanol–water partition coefficient (Wildman–Crippen LogP) is 5.28. The Kier molecular flexibility index (Phi) is 6.94. The Labute approximate surface area is 236 Å². The third-order valence-corrected chi connectivity index (χ3v) is 8.52. The van der Waals surface area contributed by atoms with Crippen molar-refractivity contribution >= 4 is 57.3 Å². The van der Waals surface area contributed by atoms with Crippen molar-refractivity contribution in [3.63, 3.8) is 0 Å². The molecule has 196 valence electrons. The molecule has 1 amide bonds. The fourth-order valence-electron chi connectivity index (χ4n) is 4.31. The normalized spacial score (nSPS) is 18.0. The zero-order chi connectivity index (χ0) is 26.9. The second kappa shape index (κ2) is 10.7. The molecule has 6 rings (SSSR count). The number of amides is 1. The van der Waals surface area contributed by atoms with E-state index in [-0.39, 0.29) is 16.5 Å². The number of fused-ring (bicyclic) bond motifs is 1. The molecule has 4 heterocycles. The summed E-state index contributed by atoms with van der Waals surface area (Å²) < 4.78 is 11.8. The van der Waals surface area contributed by atoms with Crippen molar-refractivity contribution in [2.45, 2.75) is 16.1 Å². The lowest BCUT2D eigenvalue weighted by Gasteiger charge is -2.22. The third-order valence-electron chi connectivity index (χ3n) is 6.14. The smallest absolute Gasteiger partial charge is 0.301 e. The number of halogens is 1. The van der Waals surface area contributed by atoms with E-state index in [0.29, 0.717) is 51.0 Å². The van der Waals surface area contributed by atoms with Gasteiger partial charge in [-0.15, -0.1) is 10.2 Å². The second-order valence-electron chi connectivity index (χ2n) is 8.58. The van der Waals surface area contributed by atoms with Crippen molar-refractivity contribution in [1.29, 1.82) is 0 Å². The summed E-state index contributed by atoms with van der Waals surface area (Å²) in [7, 11) is 0. The van der Waals surface area contributed by atoms with Crippen LogP contribution in [0.1, 0.15) is 22.7 Å². The number of ketones is 1. The SMILES string of the molecule is O=C1C(=O)N(c2nnc(SCc3ccc(Cl)cc3)s2)C(c2cccnc2)/C1=C(\O)c1ccc2c(c1)OCCO2. The van der Waals surface area contributed by atoms with Crippen LogP contribution in [0.4, 0.5) is 5.13 Å². The summed E-state index contributed by atoms with van der Waals surface area (Å²) in [5, 5.41) is 20.7. The zero-order valence-electron chi connectivity index (χ0n) is 20.1. The van der Waals surface area contributed by atoms with Crippen molar-refractivity contribution in [3.05, 3.63) is 94.3 Å². The number of carbonyl (C=O) groups excluding carboxylic acids is 2. The molecule has 0 radical (unpaired) electrons. The van der Waals surface area contributed by atoms with Crippen molar-refractivity contribution in [2.24, 2.45) is 0 Å². The summed E-state index contributed by atoms with van der Waals surface area (Å²) in [5.41, 5.74) is 1.84. The minimum absolute atomic E-state index is 0.0738. The molecule has 2 aromatic heterocycles. The van der Waals surface area contributed by atoms with Crippen molar-refractivity contribution in [2.75, 3.05) is 18.1 Å². The molecule has 4 aromatic rings. The van der Waals surface area contributed by atoms with E-state index in [1.807, 2.05) is 24.3 Å². The van der Waals surface area contributed by atoms with Crippen molar-refractivity contribution in [3.8, 4) is 11.5 Å². The second-order valence-corrected chi connectivity index (χ2v) is 11.2. The molecule has 1 atom stereocenters. The van der Waals surface area contributed by atoms with Crippen LogP contribution in [0.5, 0.6) is 11.5 Å². The van der Waals surface area contributed by atoms with E-state index >= 15 is 0 Å². The van der Waals surface area contributed by atoms with Crippen LogP contribution in [0.15, 0.2) is 76.9 Å². The first-order valence-electron chi connectivity index (χ1n) is 11.8. The van der Waals surface area contributed by atoms with Crippen LogP contribution in [0, 0.1) is 0 Å². The number of benzene rings is 2. The molecule has 2 aliphatic rings. The number of aliphatic hydroxyl groups excluding tert-OH is 1. The number of carbonyl (C=O) groups is 2. The van der Waals surface area contributed by atoms with E-state index < -0.39 is 17.7 Å². The average molecular weight is 579 g/mol. The lowest BCUT2D eigenvalue weighted by atomic mass is 9.96. The third kappa shape index (κ3) is 4.96. The molecule has 2 aliphatic heterocycles. The Bertz CT molecular complexity index is 1590. The number of thioether (sulfide) groups is 1. The molecule has 2 aromatic carbocycles. The highest BCUT2D eigenvalue weighted by Crippen LogP contribution is 2.44. The van der Waals surface area contributed by atoms with Crippen LogP contribution >= 0.6 is 34.7 Å². The van der Waals surface area contributed by atoms with Gasteiger partial charge in [-0.1, -0.05) is 52.9 Å². The van der Waals surface area contributed by atoms with Gasteiger partial charge in [0.1, 0.15) is 19.0 Å². The minimum Gasteiger partial charge on any atom is -0.507 e. The molecule has 1 fully saturated rings. The van der Waals surface area contributed by atoms with Gasteiger partial charge in [0.05, 0.1) is 11.6 Å². The number of ether oxygens (including phenoxy) is 2. The van der Waals surface area contributed by atoms with Crippen molar-refractivity contribution in [1.82, 2.24) is 15.2 Å². The molecule has 9 nitrogen and oxygen atoms in total. The zero-order valence-corrected chi connectivity index (χ0v) is 22.5. The van der Waals surface area contributed by atoms with Gasteiger partial charge in [0.25, 0.3) is 5.78 Å². The topological polar surface area (TPSA) is 115 Å². The van der Waals surface area contributed by atoms with Gasteiger partial charge in [-0.05, 0) is 47.5 Å². The molecule has 12 heteroatoms. The molecule has 1 saturated heterocycles. The maximum absolute atomic E-state index is 13.4. The summed E-state index contributed by atoms with van der Waals surface area (Å²) in [4.78, 5) is 32.2. The quantitative estimate of drug-likeness (QED) is 0.107. The molecular weight excluding hydrogens is 560 g/mol. The molecule has 0 bridgehead atoms. The fourth-order valence-corrected chi connectivity index (χ4v) is 6.26. The number of Topliss-reactive ketones (excluding diaryl/α,β-unsaturated/α-hetero) is 1. The number of aliphatic hydroxyl groups is 1. The van der Waals surface area contributed by atoms with Gasteiger partial charge in [-0.3, -0.25) is 19.5 Å². The Morgan fingerprint density at radius 2 is 1.87 bits per heavy atom. The minimum atomic E-state index is -0.950. The van der Waals surface area contributed by atoms with E-state index in [0.717, 1.165) is 5.56 Å². The Morgan fingerprint density at radius 3 is 2.64 bits per heavy atom. The number of aromatic nitrogens is 3. The summed E-state index contributed by atoms with van der Waals surface area (Å²) in [5.74, 6) is -0.358. The van der Waals surface area contributed by atoms with Gasteiger partial charge < -0.3 is 14.6 Å². The number of pyridine rings is 1. The van der Waals surface area contributed by atoms with E-state index in [9.17, 15) is 14.7 Å². The van der Waals surface area contributed by atoms with E-state index in [1.54, 1.807) is 42.7 Å². The molecule has 1 N–H and O–H groups in total. The Hall–Kier alpha value is -3.93. The van der Waals surface area contributed by atoms with Gasteiger partial charge in [-0.25, -0.2) is 0 Å². The maximum atomic E-state index is 13.4. The van der Waals surface area contributed by atoms with Gasteiger partial charge in [0, 0.05) is 28.7 Å². The van der Waals surface area contributed by atoms with Gasteiger partial charge >= 0.3 is 5.91 Å². The van der Waals surface area contributed by atoms with Gasteiger partial charge in [-0.2, -0.15) is 0 Å². The fraction of sp³-hybridized carbons (Fsp3) is 0.148. The number of nitrogens with zero attached hydrogens (tertiary/aromatic N) is 4. The summed E-state index contributed by atoms with van der Waals surface area (Å²) >= 11 is 8.61. The van der Waals surface area contributed by atoms with Gasteiger partial charge in [0.15, 0.2) is 15.8 Å². The molecule has 39 heavy (non-hydrogen) atoms. The Balaban J connectivity index is 1.36. The van der Waals surface area contributed by atoms with Crippen LogP contribution in [0.2, 0.25) is 5.02 Å². The Morgan fingerprint density at radius 1 is 1.08 bits per heavy atom. The highest BCUT2D eigenvalue weighted by Gasteiger charge is 2.48. The van der Waals surface area contributed by atoms with E-state index in [4.69, 9.17) is 21.1 Å². The molecule has 0 saturated carbocycles. The highest BCUT2D eigenvalue weighted by molar-refractivity contribution is 8.00. The van der Waals surface area contributed by atoms with Crippen LogP contribution < -0.4 is 14.4 Å². The largest absolute Gasteiger partial charge is 0.507 e. The highest BCUT2D eigenvalue weighted by atomic mass is 35.5. The summed E-state index contributed by atoms with van der Waals surface area (Å²) in [6.07, 6.45) is 3.14. The van der Waals surface area contributed by atoms with Crippen molar-refractivity contribution < 1.29 is 24.2 Å². The first-order valence-corrected chi connectivity index (χ1v) is 14.0. The maximum Gasteiger partial charge on any atom is 0.301 e. The molecule has 0 spiro atoms. The summed E-state index contributed by atoms with van der Waals surface area (Å²) in [6.45, 7) is 0.791. The van der Waals surface area contributed by atoms with E-state index in [2.05, 4.69) is 15.2 Å². The number of hydrogen-bond donors (Lipinski definition) is 1.